The summed E-state index contributed by atoms with van der Waals surface area (Å²) in [5, 5.41) is 0. The number of benzene rings is 6. The van der Waals surface area contributed by atoms with E-state index >= 15 is 0 Å². The Hall–Kier alpha value is -6.66. The molecule has 0 aliphatic heterocycles. The summed E-state index contributed by atoms with van der Waals surface area (Å²) in [4.78, 5) is 17.4. The molecule has 248 valence electrons. The van der Waals surface area contributed by atoms with Gasteiger partial charge < -0.3 is 19.4 Å². The molecule has 51 heavy (non-hydrogen) atoms. The lowest BCUT2D eigenvalue weighted by atomic mass is 10.1. The van der Waals surface area contributed by atoms with Gasteiger partial charge in [-0.2, -0.15) is 0 Å². The van der Waals surface area contributed by atoms with Crippen LogP contribution < -0.4 is 9.47 Å². The van der Waals surface area contributed by atoms with Gasteiger partial charge in [-0.3, -0.25) is 0 Å². The molecule has 0 saturated heterocycles. The lowest BCUT2D eigenvalue weighted by molar-refractivity contribution is 0.248. The minimum absolute atomic E-state index is 0.480. The standard InChI is InChI=1S/C45H36N4O2/c1-5-18-32(19-6-1)40-41(33-20-7-2-8-21-33)47-44(46-40)36-26-13-15-28-38(36)50-30-17-31-51-39-29-16-14-27-37(39)45-48-42(34-22-9-3-10-23-34)43(49-45)35-24-11-4-12-25-35/h1-16,18-29H,17,30-31H2,(H,46,47)(H,48,49). The normalized spacial score (nSPS) is 11.0. The third-order valence-electron chi connectivity index (χ3n) is 8.72. The number of hydrogen-bond acceptors (Lipinski definition) is 4. The molecule has 6 aromatic carbocycles. The fraction of sp³-hybridized carbons (Fsp3) is 0.0667. The van der Waals surface area contributed by atoms with Crippen LogP contribution >= 0.6 is 0 Å². The highest BCUT2D eigenvalue weighted by molar-refractivity contribution is 5.83. The summed E-state index contributed by atoms with van der Waals surface area (Å²) in [6.07, 6.45) is 0.689. The van der Waals surface area contributed by atoms with Gasteiger partial charge >= 0.3 is 0 Å². The molecule has 2 N–H and O–H groups in total. The fourth-order valence-corrected chi connectivity index (χ4v) is 6.24. The van der Waals surface area contributed by atoms with Gasteiger partial charge in [0.1, 0.15) is 23.1 Å². The molecule has 2 heterocycles. The van der Waals surface area contributed by atoms with E-state index in [0.717, 1.165) is 79.3 Å². The number of H-pyrrole nitrogens is 2. The Morgan fingerprint density at radius 3 is 1.10 bits per heavy atom. The fourth-order valence-electron chi connectivity index (χ4n) is 6.24. The highest BCUT2D eigenvalue weighted by Crippen LogP contribution is 2.37. The van der Waals surface area contributed by atoms with Gasteiger partial charge in [0.2, 0.25) is 0 Å². The predicted octanol–water partition coefficient (Wildman–Crippen LogP) is 11.0. The quantitative estimate of drug-likeness (QED) is 0.127. The van der Waals surface area contributed by atoms with Crippen molar-refractivity contribution in [1.82, 2.24) is 19.9 Å². The minimum atomic E-state index is 0.480. The zero-order valence-corrected chi connectivity index (χ0v) is 28.0. The van der Waals surface area contributed by atoms with Crippen LogP contribution in [0.15, 0.2) is 170 Å². The van der Waals surface area contributed by atoms with Crippen LogP contribution in [0.3, 0.4) is 0 Å². The van der Waals surface area contributed by atoms with Crippen molar-refractivity contribution in [1.29, 1.82) is 0 Å². The Labute approximate surface area is 297 Å². The number of aromatic amines is 2. The smallest absolute Gasteiger partial charge is 0.142 e. The van der Waals surface area contributed by atoms with E-state index in [9.17, 15) is 0 Å². The largest absolute Gasteiger partial charge is 0.493 e. The molecule has 6 heteroatoms. The lowest BCUT2D eigenvalue weighted by Gasteiger charge is -2.12. The summed E-state index contributed by atoms with van der Waals surface area (Å²) in [6, 6.07) is 57.2. The van der Waals surface area contributed by atoms with Crippen molar-refractivity contribution in [2.24, 2.45) is 0 Å². The summed E-state index contributed by atoms with van der Waals surface area (Å²) in [6.45, 7) is 0.960. The Balaban J connectivity index is 0.986. The monoisotopic (exact) mass is 664 g/mol. The molecule has 0 saturated carbocycles. The molecule has 2 aromatic heterocycles. The second kappa shape index (κ2) is 14.8. The zero-order chi connectivity index (χ0) is 34.2. The number of aromatic nitrogens is 4. The van der Waals surface area contributed by atoms with Crippen LogP contribution in [0.5, 0.6) is 11.5 Å². The van der Waals surface area contributed by atoms with Crippen LogP contribution in [0.4, 0.5) is 0 Å². The summed E-state index contributed by atoms with van der Waals surface area (Å²) < 4.78 is 12.7. The van der Waals surface area contributed by atoms with Crippen LogP contribution in [-0.4, -0.2) is 33.1 Å². The van der Waals surface area contributed by atoms with Gasteiger partial charge in [0.25, 0.3) is 0 Å². The number of imidazole rings is 2. The third-order valence-corrected chi connectivity index (χ3v) is 8.72. The highest BCUT2D eigenvalue weighted by Gasteiger charge is 2.19. The first-order valence-corrected chi connectivity index (χ1v) is 17.2. The first-order chi connectivity index (χ1) is 25.3. The van der Waals surface area contributed by atoms with Crippen molar-refractivity contribution in [3.05, 3.63) is 170 Å². The summed E-state index contributed by atoms with van der Waals surface area (Å²) >= 11 is 0. The number of nitrogens with zero attached hydrogens (tertiary/aromatic N) is 2. The van der Waals surface area contributed by atoms with Crippen LogP contribution in [-0.2, 0) is 0 Å². The molecular weight excluding hydrogens is 629 g/mol. The molecule has 0 bridgehead atoms. The van der Waals surface area contributed by atoms with E-state index in [2.05, 4.69) is 58.5 Å². The predicted molar refractivity (Wildman–Crippen MR) is 205 cm³/mol. The first kappa shape index (κ1) is 31.6. The molecule has 0 aliphatic rings. The molecule has 0 amide bonds. The Morgan fingerprint density at radius 2 is 0.706 bits per heavy atom. The first-order valence-electron chi connectivity index (χ1n) is 17.2. The maximum absolute atomic E-state index is 6.36. The van der Waals surface area contributed by atoms with E-state index in [1.807, 2.05) is 121 Å². The molecule has 0 fully saturated rings. The van der Waals surface area contributed by atoms with E-state index in [1.165, 1.54) is 0 Å². The average Bonchev–Trinajstić information content (AvgIpc) is 3.86. The Kier molecular flexibility index (Phi) is 9.20. The van der Waals surface area contributed by atoms with Crippen molar-refractivity contribution in [2.45, 2.75) is 6.42 Å². The van der Waals surface area contributed by atoms with Gasteiger partial charge in [-0.1, -0.05) is 146 Å². The minimum Gasteiger partial charge on any atom is -0.493 e. The van der Waals surface area contributed by atoms with Crippen molar-refractivity contribution in [3.63, 3.8) is 0 Å². The molecule has 0 atom stereocenters. The molecule has 0 radical (unpaired) electrons. The van der Waals surface area contributed by atoms with Crippen molar-refractivity contribution >= 4 is 0 Å². The van der Waals surface area contributed by atoms with Crippen molar-refractivity contribution in [2.75, 3.05) is 13.2 Å². The molecule has 8 rings (SSSR count). The zero-order valence-electron chi connectivity index (χ0n) is 28.0. The Morgan fingerprint density at radius 1 is 0.373 bits per heavy atom. The maximum Gasteiger partial charge on any atom is 0.142 e. The number of nitrogens with one attached hydrogen (secondary N) is 2. The SMILES string of the molecule is c1ccc(-c2nc(-c3ccccc3OCCCOc3ccccc3-c3nc(-c4ccccc4)c(-c4ccccc4)[nH]3)[nH]c2-c2ccccc2)cc1. The molecule has 0 spiro atoms. The average molecular weight is 665 g/mol. The molecule has 6 nitrogen and oxygen atoms in total. The molecule has 0 unspecified atom stereocenters. The summed E-state index contributed by atoms with van der Waals surface area (Å²) in [7, 11) is 0. The van der Waals surface area contributed by atoms with Crippen LogP contribution in [0.1, 0.15) is 6.42 Å². The van der Waals surface area contributed by atoms with Crippen molar-refractivity contribution < 1.29 is 9.47 Å². The van der Waals surface area contributed by atoms with Gasteiger partial charge in [0, 0.05) is 28.7 Å². The lowest BCUT2D eigenvalue weighted by Crippen LogP contribution is -2.06. The molecule has 0 aliphatic carbocycles. The number of para-hydroxylation sites is 2. The van der Waals surface area contributed by atoms with Gasteiger partial charge in [-0.15, -0.1) is 0 Å². The maximum atomic E-state index is 6.36. The van der Waals surface area contributed by atoms with E-state index in [1.54, 1.807) is 0 Å². The van der Waals surface area contributed by atoms with E-state index in [-0.39, 0.29) is 0 Å². The van der Waals surface area contributed by atoms with Gasteiger partial charge in [-0.05, 0) is 24.3 Å². The van der Waals surface area contributed by atoms with E-state index in [0.29, 0.717) is 19.6 Å². The number of ether oxygens (including phenoxy) is 2. The van der Waals surface area contributed by atoms with Crippen LogP contribution in [0.2, 0.25) is 0 Å². The molecule has 8 aromatic rings. The Bertz CT molecular complexity index is 2050. The van der Waals surface area contributed by atoms with Gasteiger partial charge in [-0.25, -0.2) is 9.97 Å². The number of hydrogen-bond donors (Lipinski definition) is 2. The van der Waals surface area contributed by atoms with E-state index in [4.69, 9.17) is 19.4 Å². The van der Waals surface area contributed by atoms with Gasteiger partial charge in [0.15, 0.2) is 0 Å². The topological polar surface area (TPSA) is 75.8 Å². The van der Waals surface area contributed by atoms with Crippen molar-refractivity contribution in [3.8, 4) is 79.3 Å². The van der Waals surface area contributed by atoms with Crippen LogP contribution in [0, 0.1) is 0 Å². The van der Waals surface area contributed by atoms with Gasteiger partial charge in [0.05, 0.1) is 47.1 Å². The van der Waals surface area contributed by atoms with E-state index < -0.39 is 0 Å². The summed E-state index contributed by atoms with van der Waals surface area (Å²) in [5.41, 5.74) is 9.83. The highest BCUT2D eigenvalue weighted by atomic mass is 16.5. The number of rotatable bonds is 12. The summed E-state index contributed by atoms with van der Waals surface area (Å²) in [5.74, 6) is 3.06. The third kappa shape index (κ3) is 6.94. The van der Waals surface area contributed by atoms with Crippen LogP contribution in [0.25, 0.3) is 67.8 Å². The second-order valence-electron chi connectivity index (χ2n) is 12.1. The molecular formula is C45H36N4O2. The second-order valence-corrected chi connectivity index (χ2v) is 12.1.